The zero-order chi connectivity index (χ0) is 16.8. The van der Waals surface area contributed by atoms with Crippen molar-refractivity contribution in [3.63, 3.8) is 0 Å². The third-order valence-electron chi connectivity index (χ3n) is 4.26. The molecular weight excluding hydrogens is 298 g/mol. The molecular formula is C20H21N3O. The predicted molar refractivity (Wildman–Crippen MR) is 96.2 cm³/mol. The summed E-state index contributed by atoms with van der Waals surface area (Å²) in [5.74, 6) is 0. The number of hydrogen-bond donors (Lipinski definition) is 1. The Labute approximate surface area is 142 Å². The lowest BCUT2D eigenvalue weighted by Gasteiger charge is -2.10. The molecule has 0 unspecified atom stereocenters. The summed E-state index contributed by atoms with van der Waals surface area (Å²) in [6, 6.07) is 6.75. The van der Waals surface area contributed by atoms with E-state index in [1.54, 1.807) is 32.0 Å². The molecule has 0 spiro atoms. The van der Waals surface area contributed by atoms with Crippen LogP contribution in [0.15, 0.2) is 49.1 Å². The first-order chi connectivity index (χ1) is 11.8. The largest absolute Gasteiger partial charge is 0.504 e. The van der Waals surface area contributed by atoms with Gasteiger partial charge in [-0.05, 0) is 48.1 Å². The number of rotatable bonds is 6. The maximum absolute atomic E-state index is 7.18. The van der Waals surface area contributed by atoms with E-state index in [-0.39, 0.29) is 0 Å². The van der Waals surface area contributed by atoms with E-state index < -0.39 is 0 Å². The van der Waals surface area contributed by atoms with Gasteiger partial charge < -0.3 is 10.1 Å². The van der Waals surface area contributed by atoms with Crippen LogP contribution in [0.2, 0.25) is 0 Å². The van der Waals surface area contributed by atoms with Crippen LogP contribution < -0.4 is 0 Å². The fourth-order valence-corrected chi connectivity index (χ4v) is 3.14. The van der Waals surface area contributed by atoms with Crippen LogP contribution in [0.5, 0.6) is 0 Å². The van der Waals surface area contributed by atoms with Crippen LogP contribution in [0.3, 0.4) is 0 Å². The number of aromatic nitrogens is 2. The summed E-state index contributed by atoms with van der Waals surface area (Å²) in [4.78, 5) is 8.64. The van der Waals surface area contributed by atoms with Crippen molar-refractivity contribution in [3.05, 3.63) is 77.1 Å². The first kappa shape index (κ1) is 16.1. The van der Waals surface area contributed by atoms with E-state index in [0.29, 0.717) is 0 Å². The van der Waals surface area contributed by atoms with Gasteiger partial charge in [0.05, 0.1) is 19.1 Å². The highest BCUT2D eigenvalue weighted by molar-refractivity contribution is 5.80. The maximum Gasteiger partial charge on any atom is 0.115 e. The average molecular weight is 319 g/mol. The molecule has 1 aromatic heterocycles. The smallest absolute Gasteiger partial charge is 0.115 e. The van der Waals surface area contributed by atoms with E-state index in [9.17, 15) is 0 Å². The monoisotopic (exact) mass is 319 g/mol. The third kappa shape index (κ3) is 3.59. The van der Waals surface area contributed by atoms with Crippen molar-refractivity contribution in [2.24, 2.45) is 0 Å². The van der Waals surface area contributed by atoms with Crippen LogP contribution in [0, 0.1) is 5.41 Å². The van der Waals surface area contributed by atoms with Gasteiger partial charge in [0.2, 0.25) is 0 Å². The number of methoxy groups -OCH3 is 1. The van der Waals surface area contributed by atoms with Crippen molar-refractivity contribution in [2.45, 2.75) is 25.7 Å². The number of allylic oxidation sites excluding steroid dienone is 3. The van der Waals surface area contributed by atoms with Crippen molar-refractivity contribution < 1.29 is 4.74 Å². The predicted octanol–water partition coefficient (Wildman–Crippen LogP) is 3.75. The molecule has 24 heavy (non-hydrogen) atoms. The Morgan fingerprint density at radius 1 is 1.29 bits per heavy atom. The SMILES string of the molecule is CO/C=C(/C=C\C=N)c1cncnc1Cc1ccc2c(c1)CCC2. The zero-order valence-electron chi connectivity index (χ0n) is 13.8. The minimum absolute atomic E-state index is 0.755. The van der Waals surface area contributed by atoms with E-state index in [4.69, 9.17) is 10.1 Å². The Morgan fingerprint density at radius 3 is 3.00 bits per heavy atom. The molecule has 1 aromatic carbocycles. The van der Waals surface area contributed by atoms with Gasteiger partial charge in [-0.3, -0.25) is 0 Å². The van der Waals surface area contributed by atoms with Crippen LogP contribution in [0.4, 0.5) is 0 Å². The molecule has 122 valence electrons. The van der Waals surface area contributed by atoms with Crippen molar-refractivity contribution in [2.75, 3.05) is 7.11 Å². The topological polar surface area (TPSA) is 58.9 Å². The number of fused-ring (bicyclic) bond motifs is 1. The molecule has 1 heterocycles. The van der Waals surface area contributed by atoms with Crippen LogP contribution in [0.25, 0.3) is 5.57 Å². The molecule has 1 aliphatic carbocycles. The van der Waals surface area contributed by atoms with Crippen LogP contribution in [-0.4, -0.2) is 23.3 Å². The van der Waals surface area contributed by atoms with Gasteiger partial charge in [-0.2, -0.15) is 0 Å². The zero-order valence-corrected chi connectivity index (χ0v) is 13.8. The van der Waals surface area contributed by atoms with E-state index in [2.05, 4.69) is 28.2 Å². The van der Waals surface area contributed by atoms with Gasteiger partial charge in [-0.1, -0.05) is 18.2 Å². The Bertz CT molecular complexity index is 793. The minimum atomic E-state index is 0.755. The summed E-state index contributed by atoms with van der Waals surface area (Å²) in [6.45, 7) is 0. The second-order valence-corrected chi connectivity index (χ2v) is 5.85. The lowest BCUT2D eigenvalue weighted by Crippen LogP contribution is -2.00. The van der Waals surface area contributed by atoms with Gasteiger partial charge in [0.1, 0.15) is 6.33 Å². The molecule has 2 aromatic rings. The summed E-state index contributed by atoms with van der Waals surface area (Å²) >= 11 is 0. The highest BCUT2D eigenvalue weighted by Gasteiger charge is 2.13. The third-order valence-corrected chi connectivity index (χ3v) is 4.26. The molecule has 3 rings (SSSR count). The first-order valence-electron chi connectivity index (χ1n) is 8.12. The van der Waals surface area contributed by atoms with Gasteiger partial charge in [-0.15, -0.1) is 0 Å². The van der Waals surface area contributed by atoms with E-state index >= 15 is 0 Å². The van der Waals surface area contributed by atoms with Crippen LogP contribution in [-0.2, 0) is 24.0 Å². The number of nitrogens with zero attached hydrogens (tertiary/aromatic N) is 2. The van der Waals surface area contributed by atoms with E-state index in [1.807, 2.05) is 6.08 Å². The Hall–Kier alpha value is -2.75. The highest BCUT2D eigenvalue weighted by Crippen LogP contribution is 2.25. The fourth-order valence-electron chi connectivity index (χ4n) is 3.14. The number of hydrogen-bond acceptors (Lipinski definition) is 4. The minimum Gasteiger partial charge on any atom is -0.504 e. The van der Waals surface area contributed by atoms with Crippen molar-refractivity contribution in [3.8, 4) is 0 Å². The Balaban J connectivity index is 1.92. The van der Waals surface area contributed by atoms with Gasteiger partial charge in [-0.25, -0.2) is 9.97 Å². The molecule has 0 atom stereocenters. The maximum atomic E-state index is 7.18. The number of aryl methyl sites for hydroxylation is 2. The molecule has 0 fully saturated rings. The molecule has 1 N–H and O–H groups in total. The summed E-state index contributed by atoms with van der Waals surface area (Å²) in [5.41, 5.74) is 6.97. The van der Waals surface area contributed by atoms with Crippen molar-refractivity contribution >= 4 is 11.8 Å². The molecule has 0 amide bonds. The summed E-state index contributed by atoms with van der Waals surface area (Å²) < 4.78 is 5.18. The fraction of sp³-hybridized carbons (Fsp3) is 0.250. The molecule has 4 heteroatoms. The molecule has 0 bridgehead atoms. The molecule has 0 aliphatic heterocycles. The number of benzene rings is 1. The Kier molecular flexibility index (Phi) is 5.16. The standard InChI is InChI=1S/C20H21N3O/c1-24-13-18(6-3-9-21)19-12-22-14-23-20(19)11-15-7-8-16-4-2-5-17(16)10-15/h3,6-10,12-14,21H,2,4-5,11H2,1H3/b6-3-,18-13-,21-9?. The second-order valence-electron chi connectivity index (χ2n) is 5.85. The number of ether oxygens (including phenoxy) is 1. The van der Waals surface area contributed by atoms with E-state index in [0.717, 1.165) is 23.3 Å². The molecule has 4 nitrogen and oxygen atoms in total. The Morgan fingerprint density at radius 2 is 2.17 bits per heavy atom. The van der Waals surface area contributed by atoms with Crippen LogP contribution in [0.1, 0.15) is 34.4 Å². The lowest BCUT2D eigenvalue weighted by molar-refractivity contribution is 0.340. The van der Waals surface area contributed by atoms with Crippen LogP contribution >= 0.6 is 0 Å². The normalized spacial score (nSPS) is 14.0. The average Bonchev–Trinajstić information content (AvgIpc) is 3.07. The lowest BCUT2D eigenvalue weighted by atomic mass is 9.99. The molecule has 0 saturated carbocycles. The summed E-state index contributed by atoms with van der Waals surface area (Å²) in [6.07, 6.45) is 14.2. The van der Waals surface area contributed by atoms with Gasteiger partial charge in [0, 0.05) is 30.0 Å². The second kappa shape index (κ2) is 7.68. The molecule has 1 aliphatic rings. The van der Waals surface area contributed by atoms with Gasteiger partial charge in [0.15, 0.2) is 0 Å². The summed E-state index contributed by atoms with van der Waals surface area (Å²) in [5, 5.41) is 7.18. The first-order valence-corrected chi connectivity index (χ1v) is 8.12. The van der Waals surface area contributed by atoms with E-state index in [1.165, 1.54) is 42.2 Å². The number of nitrogens with one attached hydrogen (secondary N) is 1. The molecule has 0 radical (unpaired) electrons. The van der Waals surface area contributed by atoms with Gasteiger partial charge >= 0.3 is 0 Å². The summed E-state index contributed by atoms with van der Waals surface area (Å²) in [7, 11) is 1.61. The highest BCUT2D eigenvalue weighted by atomic mass is 16.5. The van der Waals surface area contributed by atoms with Crippen molar-refractivity contribution in [1.82, 2.24) is 9.97 Å². The molecule has 0 saturated heterocycles. The van der Waals surface area contributed by atoms with Gasteiger partial charge in [0.25, 0.3) is 0 Å². The van der Waals surface area contributed by atoms with Crippen molar-refractivity contribution in [1.29, 1.82) is 5.41 Å². The quantitative estimate of drug-likeness (QED) is 0.501.